The Hall–Kier alpha value is -0.970. The van der Waals surface area contributed by atoms with Crippen molar-refractivity contribution >= 4 is 12.4 Å². The van der Waals surface area contributed by atoms with E-state index in [0.717, 1.165) is 25.7 Å². The highest BCUT2D eigenvalue weighted by atomic mass is 35.5. The van der Waals surface area contributed by atoms with Gasteiger partial charge in [-0.05, 0) is 30.9 Å². The molecule has 0 heterocycles. The van der Waals surface area contributed by atoms with Gasteiger partial charge in [-0.15, -0.1) is 12.4 Å². The molecule has 0 saturated heterocycles. The first-order valence-corrected chi connectivity index (χ1v) is 6.55. The van der Waals surface area contributed by atoms with Crippen molar-refractivity contribution in [3.63, 3.8) is 0 Å². The second kappa shape index (κ2) is 6.98. The van der Waals surface area contributed by atoms with Gasteiger partial charge in [0.05, 0.1) is 12.1 Å². The van der Waals surface area contributed by atoms with Crippen LogP contribution in [0.15, 0.2) is 18.2 Å². The number of benzene rings is 1. The summed E-state index contributed by atoms with van der Waals surface area (Å²) in [7, 11) is 0. The van der Waals surface area contributed by atoms with Gasteiger partial charge in [0.15, 0.2) is 0 Å². The van der Waals surface area contributed by atoms with Gasteiger partial charge in [-0.2, -0.15) is 0 Å². The first-order valence-electron chi connectivity index (χ1n) is 6.55. The largest absolute Gasteiger partial charge is 0.508 e. The molecule has 4 nitrogen and oxygen atoms in total. The summed E-state index contributed by atoms with van der Waals surface area (Å²) in [6.45, 7) is 0. The fourth-order valence-electron chi connectivity index (χ4n) is 2.77. The van der Waals surface area contributed by atoms with Gasteiger partial charge in [-0.25, -0.2) is 0 Å². The third-order valence-electron chi connectivity index (χ3n) is 3.87. The number of phenols is 2. The van der Waals surface area contributed by atoms with Crippen molar-refractivity contribution < 1.29 is 15.3 Å². The quantitative estimate of drug-likeness (QED) is 0.688. The Labute approximate surface area is 119 Å². The summed E-state index contributed by atoms with van der Waals surface area (Å²) in [5.74, 6) is 0.148. The van der Waals surface area contributed by atoms with E-state index < -0.39 is 12.1 Å². The molecule has 2 atom stereocenters. The van der Waals surface area contributed by atoms with Crippen molar-refractivity contribution in [1.82, 2.24) is 0 Å². The minimum absolute atomic E-state index is 0. The first kappa shape index (κ1) is 16.1. The highest BCUT2D eigenvalue weighted by molar-refractivity contribution is 5.85. The molecule has 1 aliphatic carbocycles. The number of aliphatic hydroxyl groups is 1. The Morgan fingerprint density at radius 1 is 1.11 bits per heavy atom. The lowest BCUT2D eigenvalue weighted by Gasteiger charge is -2.30. The van der Waals surface area contributed by atoms with Crippen molar-refractivity contribution in [2.75, 3.05) is 0 Å². The maximum Gasteiger partial charge on any atom is 0.124 e. The fourth-order valence-corrected chi connectivity index (χ4v) is 2.77. The summed E-state index contributed by atoms with van der Waals surface area (Å²) in [4.78, 5) is 0. The van der Waals surface area contributed by atoms with E-state index in [4.69, 9.17) is 5.73 Å². The predicted molar refractivity (Wildman–Crippen MR) is 76.5 cm³/mol. The van der Waals surface area contributed by atoms with Gasteiger partial charge < -0.3 is 21.1 Å². The van der Waals surface area contributed by atoms with Crippen molar-refractivity contribution in [3.8, 4) is 11.5 Å². The molecule has 108 valence electrons. The van der Waals surface area contributed by atoms with Gasteiger partial charge >= 0.3 is 0 Å². The third-order valence-corrected chi connectivity index (χ3v) is 3.87. The van der Waals surface area contributed by atoms with Crippen molar-refractivity contribution in [3.05, 3.63) is 23.8 Å². The molecular formula is C14H22ClNO3. The third kappa shape index (κ3) is 3.75. The van der Waals surface area contributed by atoms with Crippen LogP contribution in [-0.4, -0.2) is 21.4 Å². The topological polar surface area (TPSA) is 86.7 Å². The van der Waals surface area contributed by atoms with Crippen LogP contribution in [0.5, 0.6) is 11.5 Å². The number of aliphatic hydroxyl groups excluding tert-OH is 1. The van der Waals surface area contributed by atoms with E-state index >= 15 is 0 Å². The Balaban J connectivity index is 0.00000180. The van der Waals surface area contributed by atoms with E-state index in [1.165, 1.54) is 18.6 Å². The summed E-state index contributed by atoms with van der Waals surface area (Å²) >= 11 is 0. The first-order chi connectivity index (χ1) is 8.59. The average Bonchev–Trinajstić information content (AvgIpc) is 2.38. The van der Waals surface area contributed by atoms with E-state index in [1.54, 1.807) is 6.07 Å². The van der Waals surface area contributed by atoms with Gasteiger partial charge in [0.1, 0.15) is 11.5 Å². The lowest BCUT2D eigenvalue weighted by Crippen LogP contribution is -2.34. The van der Waals surface area contributed by atoms with Crippen LogP contribution >= 0.6 is 12.4 Å². The maximum atomic E-state index is 10.3. The Bertz CT molecular complexity index is 408. The summed E-state index contributed by atoms with van der Waals surface area (Å²) in [6, 6.07) is 3.70. The highest BCUT2D eigenvalue weighted by Crippen LogP contribution is 2.34. The molecule has 0 unspecified atom stereocenters. The van der Waals surface area contributed by atoms with E-state index in [2.05, 4.69) is 0 Å². The summed E-state index contributed by atoms with van der Waals surface area (Å²) in [6.07, 6.45) is 4.84. The molecule has 5 N–H and O–H groups in total. The van der Waals surface area contributed by atoms with Crippen LogP contribution in [-0.2, 0) is 0 Å². The van der Waals surface area contributed by atoms with Crippen LogP contribution in [0.4, 0.5) is 0 Å². The fraction of sp³-hybridized carbons (Fsp3) is 0.571. The molecule has 5 heteroatoms. The number of aromatic hydroxyl groups is 2. The van der Waals surface area contributed by atoms with E-state index in [9.17, 15) is 15.3 Å². The summed E-state index contributed by atoms with van der Waals surface area (Å²) in [5.41, 5.74) is 6.52. The van der Waals surface area contributed by atoms with E-state index in [1.807, 2.05) is 0 Å². The molecule has 1 aromatic rings. The second-order valence-electron chi connectivity index (χ2n) is 5.16. The van der Waals surface area contributed by atoms with Crippen LogP contribution in [0.2, 0.25) is 0 Å². The number of halogens is 1. The number of phenolic OH excluding ortho intramolecular Hbond substituents is 2. The number of hydrogen-bond donors (Lipinski definition) is 4. The lowest BCUT2D eigenvalue weighted by atomic mass is 9.81. The average molecular weight is 288 g/mol. The maximum absolute atomic E-state index is 10.3. The molecule has 1 aromatic carbocycles. The van der Waals surface area contributed by atoms with Crippen molar-refractivity contribution in [1.29, 1.82) is 0 Å². The molecule has 1 aliphatic rings. The molecule has 0 radical (unpaired) electrons. The van der Waals surface area contributed by atoms with Crippen molar-refractivity contribution in [2.45, 2.75) is 44.2 Å². The van der Waals surface area contributed by atoms with Gasteiger partial charge in [0, 0.05) is 11.6 Å². The zero-order valence-electron chi connectivity index (χ0n) is 10.8. The van der Waals surface area contributed by atoms with Crippen molar-refractivity contribution in [2.24, 2.45) is 11.7 Å². The standard InChI is InChI=1S/C14H21NO3.ClH/c15-13(11-7-6-10(16)8-12(11)17)14(18)9-4-2-1-3-5-9;/h6-9,13-14,16-18H,1-5,15H2;1H/t13-,14+;/m1./s1. The van der Waals surface area contributed by atoms with Gasteiger partial charge in [-0.1, -0.05) is 19.3 Å². The van der Waals surface area contributed by atoms with Gasteiger partial charge in [0.2, 0.25) is 0 Å². The van der Waals surface area contributed by atoms with Crippen LogP contribution in [0.1, 0.15) is 43.7 Å². The molecule has 0 amide bonds. The molecule has 19 heavy (non-hydrogen) atoms. The molecule has 2 rings (SSSR count). The lowest BCUT2D eigenvalue weighted by molar-refractivity contribution is 0.0611. The minimum atomic E-state index is -0.638. The molecule has 0 aliphatic heterocycles. The summed E-state index contributed by atoms with van der Waals surface area (Å²) < 4.78 is 0. The molecule has 1 fully saturated rings. The molecular weight excluding hydrogens is 266 g/mol. The number of nitrogens with two attached hydrogens (primary N) is 1. The predicted octanol–water partition coefficient (Wildman–Crippen LogP) is 2.46. The van der Waals surface area contributed by atoms with Gasteiger partial charge in [-0.3, -0.25) is 0 Å². The monoisotopic (exact) mass is 287 g/mol. The van der Waals surface area contributed by atoms with Gasteiger partial charge in [0.25, 0.3) is 0 Å². The molecule has 0 spiro atoms. The smallest absolute Gasteiger partial charge is 0.124 e. The van der Waals surface area contributed by atoms with E-state index in [0.29, 0.717) is 5.56 Å². The minimum Gasteiger partial charge on any atom is -0.508 e. The highest BCUT2D eigenvalue weighted by Gasteiger charge is 2.28. The molecule has 0 aromatic heterocycles. The van der Waals surface area contributed by atoms with Crippen LogP contribution in [0.25, 0.3) is 0 Å². The van der Waals surface area contributed by atoms with Crippen LogP contribution < -0.4 is 5.73 Å². The normalized spacial score (nSPS) is 19.5. The second-order valence-corrected chi connectivity index (χ2v) is 5.16. The zero-order chi connectivity index (χ0) is 13.1. The van der Waals surface area contributed by atoms with E-state index in [-0.39, 0.29) is 29.8 Å². The SMILES string of the molecule is Cl.N[C@H](c1ccc(O)cc1O)[C@@H](O)C1CCCCC1. The van der Waals surface area contributed by atoms with Crippen LogP contribution in [0.3, 0.4) is 0 Å². The Kier molecular flexibility index (Phi) is 5.91. The Morgan fingerprint density at radius 3 is 2.32 bits per heavy atom. The molecule has 0 bridgehead atoms. The number of hydrogen-bond acceptors (Lipinski definition) is 4. The number of rotatable bonds is 3. The Morgan fingerprint density at radius 2 is 1.74 bits per heavy atom. The summed E-state index contributed by atoms with van der Waals surface area (Å²) in [5, 5.41) is 29.3. The van der Waals surface area contributed by atoms with Crippen LogP contribution in [0, 0.1) is 5.92 Å². The zero-order valence-corrected chi connectivity index (χ0v) is 11.6. The molecule has 1 saturated carbocycles.